The van der Waals surface area contributed by atoms with E-state index in [4.69, 9.17) is 10.0 Å². The second kappa shape index (κ2) is 2.81. The standard InChI is InChI=1S/C8H10BNO2/c11-9(12)7-5-10-8-4-2-1-3-6(7)8/h1-4,7,10-12H,5H2. The minimum absolute atomic E-state index is 0.179. The van der Waals surface area contributed by atoms with E-state index in [0.29, 0.717) is 6.54 Å². The zero-order valence-corrected chi connectivity index (χ0v) is 6.57. The molecule has 1 aromatic carbocycles. The van der Waals surface area contributed by atoms with Crippen LogP contribution in [0.3, 0.4) is 0 Å². The highest BCUT2D eigenvalue weighted by Gasteiger charge is 2.31. The molecule has 0 radical (unpaired) electrons. The molecule has 3 nitrogen and oxygen atoms in total. The molecular formula is C8H10BNO2. The van der Waals surface area contributed by atoms with Gasteiger partial charge in [0.15, 0.2) is 0 Å². The fraction of sp³-hybridized carbons (Fsp3) is 0.250. The van der Waals surface area contributed by atoms with E-state index in [1.165, 1.54) is 0 Å². The van der Waals surface area contributed by atoms with E-state index in [2.05, 4.69) is 5.32 Å². The van der Waals surface area contributed by atoms with Gasteiger partial charge >= 0.3 is 7.12 Å². The van der Waals surface area contributed by atoms with E-state index in [0.717, 1.165) is 11.3 Å². The fourth-order valence-electron chi connectivity index (χ4n) is 1.58. The largest absolute Gasteiger partial charge is 0.461 e. The van der Waals surface area contributed by atoms with Crippen LogP contribution in [0.5, 0.6) is 0 Å². The van der Waals surface area contributed by atoms with Gasteiger partial charge < -0.3 is 15.4 Å². The zero-order chi connectivity index (χ0) is 8.55. The molecule has 0 aliphatic carbocycles. The predicted molar refractivity (Wildman–Crippen MR) is 47.9 cm³/mol. The molecule has 0 amide bonds. The maximum atomic E-state index is 9.01. The molecule has 1 unspecified atom stereocenters. The van der Waals surface area contributed by atoms with Gasteiger partial charge in [0.1, 0.15) is 0 Å². The molecule has 2 rings (SSSR count). The third kappa shape index (κ3) is 1.09. The lowest BCUT2D eigenvalue weighted by Gasteiger charge is -2.06. The Bertz CT molecular complexity index is 290. The van der Waals surface area contributed by atoms with Gasteiger partial charge in [-0.15, -0.1) is 0 Å². The summed E-state index contributed by atoms with van der Waals surface area (Å²) in [6, 6.07) is 7.69. The minimum Gasteiger partial charge on any atom is -0.427 e. The molecular weight excluding hydrogens is 153 g/mol. The van der Waals surface area contributed by atoms with Crippen molar-refractivity contribution >= 4 is 12.8 Å². The number of rotatable bonds is 1. The molecule has 1 atom stereocenters. The molecule has 62 valence electrons. The smallest absolute Gasteiger partial charge is 0.427 e. The summed E-state index contributed by atoms with van der Waals surface area (Å²) >= 11 is 0. The van der Waals surface area contributed by atoms with Gasteiger partial charge in [0, 0.05) is 18.0 Å². The molecule has 1 aromatic rings. The Kier molecular flexibility index (Phi) is 1.79. The normalized spacial score (nSPS) is 20.0. The van der Waals surface area contributed by atoms with Crippen molar-refractivity contribution in [2.24, 2.45) is 0 Å². The molecule has 0 fully saturated rings. The second-order valence-electron chi connectivity index (χ2n) is 2.99. The van der Waals surface area contributed by atoms with Gasteiger partial charge in [-0.2, -0.15) is 0 Å². The van der Waals surface area contributed by atoms with Crippen LogP contribution < -0.4 is 5.32 Å². The van der Waals surface area contributed by atoms with E-state index in [-0.39, 0.29) is 5.82 Å². The summed E-state index contributed by atoms with van der Waals surface area (Å²) in [7, 11) is -1.26. The molecule has 1 aliphatic rings. The SMILES string of the molecule is OB(O)C1CNc2ccccc21. The van der Waals surface area contributed by atoms with Crippen molar-refractivity contribution in [3.8, 4) is 0 Å². The van der Waals surface area contributed by atoms with E-state index < -0.39 is 7.12 Å². The van der Waals surface area contributed by atoms with Crippen molar-refractivity contribution in [1.82, 2.24) is 0 Å². The molecule has 1 heterocycles. The molecule has 4 heteroatoms. The van der Waals surface area contributed by atoms with Crippen LogP contribution in [0.1, 0.15) is 11.4 Å². The topological polar surface area (TPSA) is 52.5 Å². The highest BCUT2D eigenvalue weighted by molar-refractivity contribution is 6.44. The number of anilines is 1. The number of hydrogen-bond donors (Lipinski definition) is 3. The number of nitrogens with one attached hydrogen (secondary N) is 1. The van der Waals surface area contributed by atoms with Gasteiger partial charge in [0.25, 0.3) is 0 Å². The molecule has 0 saturated carbocycles. The van der Waals surface area contributed by atoms with Gasteiger partial charge in [-0.25, -0.2) is 0 Å². The van der Waals surface area contributed by atoms with Crippen molar-refractivity contribution in [1.29, 1.82) is 0 Å². The summed E-state index contributed by atoms with van der Waals surface area (Å²) in [4.78, 5) is 0. The van der Waals surface area contributed by atoms with Gasteiger partial charge in [-0.05, 0) is 11.6 Å². The monoisotopic (exact) mass is 163 g/mol. The summed E-state index contributed by atoms with van der Waals surface area (Å²) in [6.45, 7) is 0.608. The average Bonchev–Trinajstić information content (AvgIpc) is 2.47. The zero-order valence-electron chi connectivity index (χ0n) is 6.57. The maximum Gasteiger partial charge on any atom is 0.461 e. The average molecular weight is 163 g/mol. The Morgan fingerprint density at radius 2 is 2.08 bits per heavy atom. The summed E-state index contributed by atoms with van der Waals surface area (Å²) in [5, 5.41) is 21.1. The lowest BCUT2D eigenvalue weighted by molar-refractivity contribution is 0.392. The maximum absolute atomic E-state index is 9.01. The molecule has 0 spiro atoms. The fourth-order valence-corrected chi connectivity index (χ4v) is 1.58. The first-order valence-corrected chi connectivity index (χ1v) is 3.98. The van der Waals surface area contributed by atoms with E-state index >= 15 is 0 Å². The predicted octanol–water partition coefficient (Wildman–Crippen LogP) is 0.208. The van der Waals surface area contributed by atoms with E-state index in [1.54, 1.807) is 0 Å². The summed E-state index contributed by atoms with van der Waals surface area (Å²) in [5.74, 6) is -0.179. The molecule has 0 aromatic heterocycles. The van der Waals surface area contributed by atoms with Crippen molar-refractivity contribution in [2.75, 3.05) is 11.9 Å². The molecule has 3 N–H and O–H groups in total. The molecule has 1 aliphatic heterocycles. The number of benzene rings is 1. The van der Waals surface area contributed by atoms with Crippen molar-refractivity contribution < 1.29 is 10.0 Å². The van der Waals surface area contributed by atoms with E-state index in [9.17, 15) is 0 Å². The van der Waals surface area contributed by atoms with Crippen LogP contribution in [0.25, 0.3) is 0 Å². The Hall–Kier alpha value is -0.995. The Labute approximate surface area is 71.2 Å². The third-order valence-corrected chi connectivity index (χ3v) is 2.23. The van der Waals surface area contributed by atoms with Gasteiger partial charge in [-0.1, -0.05) is 18.2 Å². The van der Waals surface area contributed by atoms with Crippen LogP contribution in [0.15, 0.2) is 24.3 Å². The van der Waals surface area contributed by atoms with Gasteiger partial charge in [0.2, 0.25) is 0 Å². The van der Waals surface area contributed by atoms with Gasteiger partial charge in [0.05, 0.1) is 0 Å². The van der Waals surface area contributed by atoms with Gasteiger partial charge in [-0.3, -0.25) is 0 Å². The first kappa shape index (κ1) is 7.64. The molecule has 12 heavy (non-hydrogen) atoms. The Morgan fingerprint density at radius 1 is 1.33 bits per heavy atom. The summed E-state index contributed by atoms with van der Waals surface area (Å²) in [6.07, 6.45) is 0. The number of para-hydroxylation sites is 1. The first-order valence-electron chi connectivity index (χ1n) is 3.98. The van der Waals surface area contributed by atoms with Crippen LogP contribution >= 0.6 is 0 Å². The Balaban J connectivity index is 2.36. The van der Waals surface area contributed by atoms with E-state index in [1.807, 2.05) is 24.3 Å². The highest BCUT2D eigenvalue weighted by Crippen LogP contribution is 2.31. The summed E-state index contributed by atoms with van der Waals surface area (Å²) < 4.78 is 0. The highest BCUT2D eigenvalue weighted by atomic mass is 16.4. The molecule has 0 saturated heterocycles. The quantitative estimate of drug-likeness (QED) is 0.518. The third-order valence-electron chi connectivity index (χ3n) is 2.23. The second-order valence-corrected chi connectivity index (χ2v) is 2.99. The van der Waals surface area contributed by atoms with Crippen molar-refractivity contribution in [3.05, 3.63) is 29.8 Å². The number of fused-ring (bicyclic) bond motifs is 1. The van der Waals surface area contributed by atoms with Crippen LogP contribution in [0, 0.1) is 0 Å². The Morgan fingerprint density at radius 3 is 2.83 bits per heavy atom. The van der Waals surface area contributed by atoms with Crippen LogP contribution in [0.2, 0.25) is 0 Å². The summed E-state index contributed by atoms with van der Waals surface area (Å²) in [5.41, 5.74) is 2.00. The van der Waals surface area contributed by atoms with Crippen LogP contribution in [0.4, 0.5) is 5.69 Å². The lowest BCUT2D eigenvalue weighted by Crippen LogP contribution is -2.24. The minimum atomic E-state index is -1.26. The van der Waals surface area contributed by atoms with Crippen molar-refractivity contribution in [2.45, 2.75) is 5.82 Å². The van der Waals surface area contributed by atoms with Crippen LogP contribution in [-0.2, 0) is 0 Å². The van der Waals surface area contributed by atoms with Crippen molar-refractivity contribution in [3.63, 3.8) is 0 Å². The number of hydrogen-bond acceptors (Lipinski definition) is 3. The lowest BCUT2D eigenvalue weighted by atomic mass is 9.70. The van der Waals surface area contributed by atoms with Crippen LogP contribution in [-0.4, -0.2) is 23.7 Å². The molecule has 0 bridgehead atoms. The first-order chi connectivity index (χ1) is 5.79.